The summed E-state index contributed by atoms with van der Waals surface area (Å²) in [5.41, 5.74) is 0.0109. The molecule has 0 saturated carbocycles. The van der Waals surface area contributed by atoms with E-state index in [2.05, 4.69) is 0 Å². The average Bonchev–Trinajstić information content (AvgIpc) is 2.55. The van der Waals surface area contributed by atoms with Crippen LogP contribution in [-0.4, -0.2) is 13.1 Å². The van der Waals surface area contributed by atoms with E-state index in [1.807, 2.05) is 27.7 Å². The van der Waals surface area contributed by atoms with Gasteiger partial charge in [-0.05, 0) is 27.9 Å². The van der Waals surface area contributed by atoms with Gasteiger partial charge in [0.05, 0.1) is 0 Å². The van der Waals surface area contributed by atoms with E-state index >= 15 is 0 Å². The van der Waals surface area contributed by atoms with Crippen LogP contribution in [0.1, 0.15) is 27.7 Å². The third-order valence-corrected chi connectivity index (χ3v) is 9.30. The van der Waals surface area contributed by atoms with Gasteiger partial charge in [0.1, 0.15) is 0 Å². The van der Waals surface area contributed by atoms with E-state index < -0.39 is 31.6 Å². The Morgan fingerprint density at radius 3 is 1.75 bits per heavy atom. The summed E-state index contributed by atoms with van der Waals surface area (Å²) in [5, 5.41) is 0.764. The molecule has 0 amide bonds. The van der Waals surface area contributed by atoms with E-state index in [0.717, 1.165) is 5.19 Å². The fourth-order valence-corrected chi connectivity index (χ4v) is 6.40. The molecule has 0 aliphatic heterocycles. The van der Waals surface area contributed by atoms with E-state index in [0.29, 0.717) is 6.07 Å². The van der Waals surface area contributed by atoms with Crippen molar-refractivity contribution < 1.29 is 22.4 Å². The summed E-state index contributed by atoms with van der Waals surface area (Å²) in [6.45, 7) is 7.80. The van der Waals surface area contributed by atoms with Crippen molar-refractivity contribution in [1.29, 1.82) is 0 Å². The van der Waals surface area contributed by atoms with Crippen LogP contribution < -0.4 is 5.19 Å². The summed E-state index contributed by atoms with van der Waals surface area (Å²) < 4.78 is 53.7. The molecule has 1 nitrogen and oxygen atoms in total. The molecule has 0 fully saturated rings. The number of halogens is 4. The maximum atomic E-state index is 13.9. The predicted molar refractivity (Wildman–Crippen MR) is 89.5 cm³/mol. The van der Waals surface area contributed by atoms with Crippen molar-refractivity contribution in [3.8, 4) is 11.1 Å². The Labute approximate surface area is 140 Å². The lowest BCUT2D eigenvalue weighted by atomic mass is 10.0. The lowest BCUT2D eigenvalue weighted by Crippen LogP contribution is -2.53. The SMILES string of the molecule is CC(C)[Si](O)(c1ccc(-c2cc(F)c(F)c(F)c2F)cc1)C(C)C. The molecule has 0 saturated heterocycles. The van der Waals surface area contributed by atoms with Crippen LogP contribution in [0.5, 0.6) is 0 Å². The second-order valence-electron chi connectivity index (χ2n) is 6.56. The molecule has 2 rings (SSSR count). The highest BCUT2D eigenvalue weighted by Crippen LogP contribution is 2.31. The second-order valence-corrected chi connectivity index (χ2v) is 11.1. The van der Waals surface area contributed by atoms with Crippen LogP contribution in [0, 0.1) is 23.3 Å². The molecule has 0 atom stereocenters. The monoisotopic (exact) mass is 356 g/mol. The first kappa shape index (κ1) is 18.7. The largest absolute Gasteiger partial charge is 0.427 e. The molecule has 130 valence electrons. The van der Waals surface area contributed by atoms with Crippen LogP contribution in [0.15, 0.2) is 30.3 Å². The summed E-state index contributed by atoms with van der Waals surface area (Å²) >= 11 is 0. The Morgan fingerprint density at radius 1 is 0.792 bits per heavy atom. The number of benzene rings is 2. The molecule has 2 aromatic rings. The quantitative estimate of drug-likeness (QED) is 0.358. The van der Waals surface area contributed by atoms with E-state index in [9.17, 15) is 22.4 Å². The van der Waals surface area contributed by atoms with Crippen molar-refractivity contribution in [3.05, 3.63) is 53.6 Å². The summed E-state index contributed by atoms with van der Waals surface area (Å²) in [5.74, 6) is -6.52. The smallest absolute Gasteiger partial charge is 0.225 e. The van der Waals surface area contributed by atoms with Crippen LogP contribution in [0.2, 0.25) is 11.1 Å². The van der Waals surface area contributed by atoms with Crippen LogP contribution in [0.25, 0.3) is 11.1 Å². The summed E-state index contributed by atoms with van der Waals surface area (Å²) in [7, 11) is -2.75. The van der Waals surface area contributed by atoms with Gasteiger partial charge in [0.15, 0.2) is 23.3 Å². The van der Waals surface area contributed by atoms with Gasteiger partial charge < -0.3 is 4.80 Å². The van der Waals surface area contributed by atoms with Crippen molar-refractivity contribution in [3.63, 3.8) is 0 Å². The molecule has 0 bridgehead atoms. The molecule has 0 aromatic heterocycles. The maximum Gasteiger partial charge on any atom is 0.225 e. The third-order valence-electron chi connectivity index (χ3n) is 4.52. The maximum absolute atomic E-state index is 13.9. The van der Waals surface area contributed by atoms with Crippen LogP contribution in [0.4, 0.5) is 17.6 Å². The van der Waals surface area contributed by atoms with E-state index in [1.165, 1.54) is 12.1 Å². The highest BCUT2D eigenvalue weighted by atomic mass is 28.4. The lowest BCUT2D eigenvalue weighted by Gasteiger charge is -2.33. The fraction of sp³-hybridized carbons (Fsp3) is 0.333. The summed E-state index contributed by atoms with van der Waals surface area (Å²) in [6, 6.07) is 6.93. The zero-order valence-electron chi connectivity index (χ0n) is 14.0. The van der Waals surface area contributed by atoms with Gasteiger partial charge >= 0.3 is 0 Å². The first-order chi connectivity index (χ1) is 11.1. The van der Waals surface area contributed by atoms with Crippen LogP contribution in [0.3, 0.4) is 0 Å². The highest BCUT2D eigenvalue weighted by Gasteiger charge is 2.40. The molecule has 0 spiro atoms. The van der Waals surface area contributed by atoms with Crippen molar-refractivity contribution in [2.45, 2.75) is 38.8 Å². The lowest BCUT2D eigenvalue weighted by molar-refractivity contribution is 0.411. The Balaban J connectivity index is 2.52. The highest BCUT2D eigenvalue weighted by molar-refractivity contribution is 6.87. The number of rotatable bonds is 4. The zero-order chi connectivity index (χ0) is 18.2. The van der Waals surface area contributed by atoms with Gasteiger partial charge in [-0.25, -0.2) is 17.6 Å². The topological polar surface area (TPSA) is 20.2 Å². The summed E-state index contributed by atoms with van der Waals surface area (Å²) in [4.78, 5) is 11.1. The third kappa shape index (κ3) is 3.00. The zero-order valence-corrected chi connectivity index (χ0v) is 15.0. The minimum absolute atomic E-state index is 0.0702. The van der Waals surface area contributed by atoms with Gasteiger partial charge in [-0.2, -0.15) is 0 Å². The molecule has 0 aliphatic rings. The van der Waals surface area contributed by atoms with Gasteiger partial charge in [-0.15, -0.1) is 0 Å². The van der Waals surface area contributed by atoms with Crippen molar-refractivity contribution in [2.75, 3.05) is 0 Å². The molecular weight excluding hydrogens is 336 g/mol. The predicted octanol–water partition coefficient (Wildman–Crippen LogP) is 4.87. The van der Waals surface area contributed by atoms with Crippen LogP contribution in [-0.2, 0) is 0 Å². The van der Waals surface area contributed by atoms with Crippen molar-refractivity contribution >= 4 is 13.5 Å². The molecule has 0 unspecified atom stereocenters. The van der Waals surface area contributed by atoms with Gasteiger partial charge in [-0.1, -0.05) is 52.0 Å². The van der Waals surface area contributed by atoms with Crippen molar-refractivity contribution in [1.82, 2.24) is 0 Å². The standard InChI is InChI=1S/C18H20F4OSi/c1-10(2)24(23,11(3)4)13-7-5-12(6-8-13)14-9-15(19)17(21)18(22)16(14)20/h5-11,23H,1-4H3. The van der Waals surface area contributed by atoms with Gasteiger partial charge in [-0.3, -0.25) is 0 Å². The first-order valence-corrected chi connectivity index (χ1v) is 9.87. The van der Waals surface area contributed by atoms with E-state index in [1.54, 1.807) is 12.1 Å². The Kier molecular flexibility index (Phi) is 5.20. The molecule has 24 heavy (non-hydrogen) atoms. The van der Waals surface area contributed by atoms with E-state index in [-0.39, 0.29) is 22.2 Å². The van der Waals surface area contributed by atoms with E-state index in [4.69, 9.17) is 0 Å². The molecule has 1 N–H and O–H groups in total. The normalized spacial score (nSPS) is 12.3. The Hall–Kier alpha value is -1.66. The molecular formula is C18H20F4OSi. The molecule has 6 heteroatoms. The minimum Gasteiger partial charge on any atom is -0.427 e. The molecule has 0 radical (unpaired) electrons. The molecule has 0 heterocycles. The minimum atomic E-state index is -2.75. The molecule has 0 aliphatic carbocycles. The average molecular weight is 356 g/mol. The number of hydrogen-bond donors (Lipinski definition) is 1. The summed E-state index contributed by atoms with van der Waals surface area (Å²) in [6.07, 6.45) is 0. The number of hydrogen-bond acceptors (Lipinski definition) is 1. The second kappa shape index (κ2) is 6.68. The Bertz CT molecular complexity index is 734. The first-order valence-electron chi connectivity index (χ1n) is 7.77. The van der Waals surface area contributed by atoms with Crippen LogP contribution >= 0.6 is 0 Å². The van der Waals surface area contributed by atoms with Gasteiger partial charge in [0, 0.05) is 5.56 Å². The van der Waals surface area contributed by atoms with Crippen molar-refractivity contribution in [2.24, 2.45) is 0 Å². The molecule has 2 aromatic carbocycles. The van der Waals surface area contributed by atoms with Gasteiger partial charge in [0.25, 0.3) is 0 Å². The van der Waals surface area contributed by atoms with Gasteiger partial charge in [0.2, 0.25) is 8.32 Å². The fourth-order valence-electron chi connectivity index (χ4n) is 3.03. The Morgan fingerprint density at radius 2 is 1.29 bits per heavy atom.